The minimum atomic E-state index is -0.449. The van der Waals surface area contributed by atoms with E-state index in [9.17, 15) is 19.2 Å². The fraction of sp³-hybridized carbons (Fsp3) is 0.226. The van der Waals surface area contributed by atoms with Crippen molar-refractivity contribution >= 4 is 40.2 Å². The standard InChI is InChI=1S/C31H27ClN2O5/c1-19(16-33-17-22(35)18-34-30(37)23-9-5-6-10-24(23)31(34)38)13-27-26(14-20-7-3-2-4-8-20)29(36)25-12-11-21(32)15-28(25)39-27/h2-12,15,19,33H,13-14,16-18H2,1H3/t19-/m1/s1. The molecule has 5 rings (SSSR count). The van der Waals surface area contributed by atoms with Crippen molar-refractivity contribution in [2.75, 3.05) is 19.6 Å². The summed E-state index contributed by atoms with van der Waals surface area (Å²) in [4.78, 5) is 52.0. The largest absolute Gasteiger partial charge is 0.460 e. The molecule has 39 heavy (non-hydrogen) atoms. The molecule has 1 aromatic heterocycles. The maximum Gasteiger partial charge on any atom is 0.261 e. The van der Waals surface area contributed by atoms with E-state index in [-0.39, 0.29) is 30.2 Å². The summed E-state index contributed by atoms with van der Waals surface area (Å²) in [6, 6.07) is 21.3. The van der Waals surface area contributed by atoms with Gasteiger partial charge in [0, 0.05) is 29.5 Å². The molecule has 4 aromatic rings. The molecule has 0 aliphatic carbocycles. The quantitative estimate of drug-likeness (QED) is 0.293. The minimum Gasteiger partial charge on any atom is -0.460 e. The van der Waals surface area contributed by atoms with Crippen LogP contribution in [0.4, 0.5) is 0 Å². The smallest absolute Gasteiger partial charge is 0.261 e. The number of carbonyl (C=O) groups excluding carboxylic acids is 3. The van der Waals surface area contributed by atoms with Crippen molar-refractivity contribution in [1.29, 1.82) is 0 Å². The number of imide groups is 1. The Hall–Kier alpha value is -4.07. The number of rotatable bonds is 10. The molecule has 1 aliphatic rings. The van der Waals surface area contributed by atoms with Gasteiger partial charge in [0.2, 0.25) is 0 Å². The summed E-state index contributed by atoms with van der Waals surface area (Å²) in [5.74, 6) is -0.561. The van der Waals surface area contributed by atoms with Crippen LogP contribution in [-0.4, -0.2) is 42.1 Å². The number of nitrogens with zero attached hydrogens (tertiary/aromatic N) is 1. The van der Waals surface area contributed by atoms with E-state index in [2.05, 4.69) is 5.32 Å². The molecule has 1 aliphatic heterocycles. The zero-order chi connectivity index (χ0) is 27.5. The number of nitrogens with one attached hydrogen (secondary N) is 1. The Morgan fingerprint density at radius 3 is 2.31 bits per heavy atom. The van der Waals surface area contributed by atoms with Gasteiger partial charge in [0.25, 0.3) is 11.8 Å². The number of carbonyl (C=O) groups is 3. The van der Waals surface area contributed by atoms with Gasteiger partial charge in [0.15, 0.2) is 11.2 Å². The van der Waals surface area contributed by atoms with Crippen LogP contribution in [-0.2, 0) is 17.6 Å². The average Bonchev–Trinajstić information content (AvgIpc) is 3.16. The zero-order valence-corrected chi connectivity index (χ0v) is 22.2. The third-order valence-electron chi connectivity index (χ3n) is 6.82. The van der Waals surface area contributed by atoms with Gasteiger partial charge in [-0.1, -0.05) is 61.0 Å². The highest BCUT2D eigenvalue weighted by Crippen LogP contribution is 2.24. The fourth-order valence-corrected chi connectivity index (χ4v) is 5.02. The summed E-state index contributed by atoms with van der Waals surface area (Å²) in [6.07, 6.45) is 0.912. The lowest BCUT2D eigenvalue weighted by atomic mass is 9.97. The predicted octanol–water partition coefficient (Wildman–Crippen LogP) is 4.67. The molecule has 198 valence electrons. The summed E-state index contributed by atoms with van der Waals surface area (Å²) in [5.41, 5.74) is 2.61. The third-order valence-corrected chi connectivity index (χ3v) is 7.05. The van der Waals surface area contributed by atoms with E-state index < -0.39 is 11.8 Å². The normalized spacial score (nSPS) is 13.6. The number of halogens is 1. The predicted molar refractivity (Wildman–Crippen MR) is 149 cm³/mol. The first-order valence-electron chi connectivity index (χ1n) is 12.8. The van der Waals surface area contributed by atoms with Crippen LogP contribution in [0.1, 0.15) is 44.5 Å². The van der Waals surface area contributed by atoms with Crippen LogP contribution in [0.25, 0.3) is 11.0 Å². The molecule has 1 atom stereocenters. The summed E-state index contributed by atoms with van der Waals surface area (Å²) in [5, 5.41) is 4.09. The van der Waals surface area contributed by atoms with Crippen LogP contribution >= 0.6 is 11.6 Å². The van der Waals surface area contributed by atoms with Crippen molar-refractivity contribution in [3.05, 3.63) is 116 Å². The van der Waals surface area contributed by atoms with Gasteiger partial charge in [-0.2, -0.15) is 0 Å². The molecular formula is C31H27ClN2O5. The average molecular weight is 543 g/mol. The van der Waals surface area contributed by atoms with Gasteiger partial charge < -0.3 is 9.73 Å². The number of hydrogen-bond donors (Lipinski definition) is 1. The van der Waals surface area contributed by atoms with Crippen LogP contribution < -0.4 is 10.7 Å². The number of benzene rings is 3. The van der Waals surface area contributed by atoms with Gasteiger partial charge in [-0.25, -0.2) is 0 Å². The number of amides is 2. The Morgan fingerprint density at radius 2 is 1.62 bits per heavy atom. The van der Waals surface area contributed by atoms with Crippen LogP contribution in [0.2, 0.25) is 5.02 Å². The lowest BCUT2D eigenvalue weighted by molar-refractivity contribution is -0.118. The number of hydrogen-bond acceptors (Lipinski definition) is 6. The van der Waals surface area contributed by atoms with Gasteiger partial charge in [-0.05, 0) is 42.3 Å². The SMILES string of the molecule is C[C@@H](CNCC(=O)CN1C(=O)c2ccccc2C1=O)Cc1oc2cc(Cl)ccc2c(=O)c1Cc1ccccc1. The van der Waals surface area contributed by atoms with Gasteiger partial charge in [-0.15, -0.1) is 0 Å². The first kappa shape index (κ1) is 26.5. The molecule has 0 spiro atoms. The van der Waals surface area contributed by atoms with E-state index in [4.69, 9.17) is 16.0 Å². The van der Waals surface area contributed by atoms with E-state index in [1.165, 1.54) is 0 Å². The number of Topliss-reactive ketones (excluding diaryl/α,β-unsaturated/α-hetero) is 1. The van der Waals surface area contributed by atoms with Crippen LogP contribution in [0.5, 0.6) is 0 Å². The van der Waals surface area contributed by atoms with Crippen molar-refractivity contribution < 1.29 is 18.8 Å². The van der Waals surface area contributed by atoms with E-state index >= 15 is 0 Å². The second-order valence-electron chi connectivity index (χ2n) is 9.86. The van der Waals surface area contributed by atoms with Crippen molar-refractivity contribution in [2.24, 2.45) is 5.92 Å². The molecule has 0 bridgehead atoms. The molecule has 8 heteroatoms. The number of ketones is 1. The second kappa shape index (κ2) is 11.4. The number of fused-ring (bicyclic) bond motifs is 2. The van der Waals surface area contributed by atoms with Gasteiger partial charge in [0.05, 0.1) is 29.6 Å². The van der Waals surface area contributed by atoms with Crippen LogP contribution in [0.15, 0.2) is 82.0 Å². The molecule has 0 unspecified atom stereocenters. The molecule has 2 amide bonds. The van der Waals surface area contributed by atoms with Gasteiger partial charge in [0.1, 0.15) is 11.3 Å². The van der Waals surface area contributed by atoms with Crippen LogP contribution in [0.3, 0.4) is 0 Å². The Bertz CT molecular complexity index is 1590. The van der Waals surface area contributed by atoms with E-state index in [1.54, 1.807) is 42.5 Å². The van der Waals surface area contributed by atoms with Crippen molar-refractivity contribution in [3.63, 3.8) is 0 Å². The van der Waals surface area contributed by atoms with E-state index in [1.807, 2.05) is 37.3 Å². The second-order valence-corrected chi connectivity index (χ2v) is 10.3. The zero-order valence-electron chi connectivity index (χ0n) is 21.4. The molecule has 0 fully saturated rings. The molecule has 0 radical (unpaired) electrons. The van der Waals surface area contributed by atoms with Gasteiger partial charge in [-0.3, -0.25) is 24.1 Å². The summed E-state index contributed by atoms with van der Waals surface area (Å²) < 4.78 is 6.21. The highest BCUT2D eigenvalue weighted by atomic mass is 35.5. The summed E-state index contributed by atoms with van der Waals surface area (Å²) >= 11 is 6.15. The lowest BCUT2D eigenvalue weighted by Gasteiger charge is -2.16. The summed E-state index contributed by atoms with van der Waals surface area (Å²) in [7, 11) is 0. The molecule has 3 aromatic carbocycles. The maximum atomic E-state index is 13.4. The maximum absolute atomic E-state index is 13.4. The van der Waals surface area contributed by atoms with E-state index in [0.717, 1.165) is 10.5 Å². The Kier molecular flexibility index (Phi) is 7.72. The Labute approximate surface area is 230 Å². The Morgan fingerprint density at radius 1 is 0.949 bits per heavy atom. The fourth-order valence-electron chi connectivity index (χ4n) is 4.86. The first-order valence-corrected chi connectivity index (χ1v) is 13.1. The highest BCUT2D eigenvalue weighted by molar-refractivity contribution is 6.31. The minimum absolute atomic E-state index is 0.00585. The highest BCUT2D eigenvalue weighted by Gasteiger charge is 2.36. The molecule has 2 heterocycles. The Balaban J connectivity index is 1.24. The molecule has 7 nitrogen and oxygen atoms in total. The first-order chi connectivity index (χ1) is 18.8. The molecule has 0 saturated heterocycles. The lowest BCUT2D eigenvalue weighted by Crippen LogP contribution is -2.39. The molecule has 0 saturated carbocycles. The third kappa shape index (κ3) is 5.70. The monoisotopic (exact) mass is 542 g/mol. The molecular weight excluding hydrogens is 516 g/mol. The molecule has 1 N–H and O–H groups in total. The van der Waals surface area contributed by atoms with Crippen molar-refractivity contribution in [2.45, 2.75) is 19.8 Å². The van der Waals surface area contributed by atoms with Gasteiger partial charge >= 0.3 is 0 Å². The summed E-state index contributed by atoms with van der Waals surface area (Å²) in [6.45, 7) is 2.19. The van der Waals surface area contributed by atoms with Crippen LogP contribution in [0, 0.1) is 5.92 Å². The van der Waals surface area contributed by atoms with Crippen molar-refractivity contribution in [1.82, 2.24) is 10.2 Å². The van der Waals surface area contributed by atoms with E-state index in [0.29, 0.717) is 57.8 Å². The topological polar surface area (TPSA) is 96.7 Å². The van der Waals surface area contributed by atoms with Crippen molar-refractivity contribution in [3.8, 4) is 0 Å².